The Hall–Kier alpha value is -1.83. The standard InChI is InChI=1S/C21H33N3O4/c1-3-22-21(24-9-11-27-20(14-24)19-8-5-10-26-19)23-13-17(25)15-28-18-7-4-6-16(2)12-18/h4,6-7,12,17,19-20,25H,3,5,8-11,13-15H2,1-2H3,(H,22,23). The molecule has 2 N–H and O–H groups in total. The van der Waals surface area contributed by atoms with Crippen LogP contribution in [0.15, 0.2) is 29.3 Å². The molecule has 2 saturated heterocycles. The molecule has 0 saturated carbocycles. The molecule has 2 heterocycles. The van der Waals surface area contributed by atoms with Crippen LogP contribution in [0, 0.1) is 6.92 Å². The second-order valence-corrected chi connectivity index (χ2v) is 7.38. The number of aliphatic imine (C=N–C) groups is 1. The van der Waals surface area contributed by atoms with Gasteiger partial charge in [0.2, 0.25) is 0 Å². The predicted octanol–water partition coefficient (Wildman–Crippen LogP) is 1.58. The third-order valence-corrected chi connectivity index (χ3v) is 4.99. The number of guanidine groups is 1. The molecule has 0 spiro atoms. The van der Waals surface area contributed by atoms with Gasteiger partial charge >= 0.3 is 0 Å². The van der Waals surface area contributed by atoms with Crippen molar-refractivity contribution in [3.05, 3.63) is 29.8 Å². The molecule has 1 aromatic carbocycles. The zero-order valence-electron chi connectivity index (χ0n) is 17.0. The predicted molar refractivity (Wildman–Crippen MR) is 109 cm³/mol. The second-order valence-electron chi connectivity index (χ2n) is 7.38. The highest BCUT2D eigenvalue weighted by atomic mass is 16.5. The van der Waals surface area contributed by atoms with E-state index in [1.165, 1.54) is 0 Å². The maximum atomic E-state index is 10.3. The number of nitrogens with one attached hydrogen (secondary N) is 1. The molecular formula is C21H33N3O4. The van der Waals surface area contributed by atoms with Gasteiger partial charge in [0, 0.05) is 26.2 Å². The Morgan fingerprint density at radius 2 is 2.21 bits per heavy atom. The van der Waals surface area contributed by atoms with E-state index >= 15 is 0 Å². The van der Waals surface area contributed by atoms with Gasteiger partial charge in [-0.05, 0) is 44.4 Å². The molecule has 3 unspecified atom stereocenters. The molecule has 0 radical (unpaired) electrons. The minimum absolute atomic E-state index is 0.0784. The number of benzene rings is 1. The van der Waals surface area contributed by atoms with Gasteiger partial charge in [-0.2, -0.15) is 0 Å². The highest BCUT2D eigenvalue weighted by Crippen LogP contribution is 2.21. The molecule has 0 amide bonds. The van der Waals surface area contributed by atoms with Gasteiger partial charge in [0.05, 0.1) is 19.3 Å². The van der Waals surface area contributed by atoms with Gasteiger partial charge in [-0.25, -0.2) is 0 Å². The molecule has 28 heavy (non-hydrogen) atoms. The summed E-state index contributed by atoms with van der Waals surface area (Å²) in [5.74, 6) is 1.57. The SMILES string of the molecule is CCNC(=NCC(O)COc1cccc(C)c1)N1CCOC(C2CCCO2)C1. The van der Waals surface area contributed by atoms with Crippen molar-refractivity contribution < 1.29 is 19.3 Å². The van der Waals surface area contributed by atoms with Crippen molar-refractivity contribution in [2.45, 2.75) is 45.0 Å². The van der Waals surface area contributed by atoms with Gasteiger partial charge in [-0.1, -0.05) is 12.1 Å². The molecule has 3 atom stereocenters. The van der Waals surface area contributed by atoms with E-state index < -0.39 is 6.10 Å². The summed E-state index contributed by atoms with van der Waals surface area (Å²) in [6, 6.07) is 7.81. The van der Waals surface area contributed by atoms with Crippen molar-refractivity contribution in [2.75, 3.05) is 46.0 Å². The van der Waals surface area contributed by atoms with E-state index in [4.69, 9.17) is 14.2 Å². The zero-order chi connectivity index (χ0) is 19.8. The van der Waals surface area contributed by atoms with Gasteiger partial charge in [0.1, 0.15) is 24.6 Å². The highest BCUT2D eigenvalue weighted by molar-refractivity contribution is 5.80. The minimum atomic E-state index is -0.663. The number of hydrogen-bond donors (Lipinski definition) is 2. The summed E-state index contributed by atoms with van der Waals surface area (Å²) in [5.41, 5.74) is 1.13. The highest BCUT2D eigenvalue weighted by Gasteiger charge is 2.32. The fourth-order valence-electron chi connectivity index (χ4n) is 3.56. The maximum absolute atomic E-state index is 10.3. The van der Waals surface area contributed by atoms with Crippen LogP contribution in [-0.4, -0.2) is 80.3 Å². The van der Waals surface area contributed by atoms with Crippen molar-refractivity contribution in [2.24, 2.45) is 4.99 Å². The van der Waals surface area contributed by atoms with Crippen LogP contribution in [0.4, 0.5) is 0 Å². The quantitative estimate of drug-likeness (QED) is 0.543. The second kappa shape index (κ2) is 10.6. The molecule has 2 aliphatic heterocycles. The number of aliphatic hydroxyl groups excluding tert-OH is 1. The first-order valence-corrected chi connectivity index (χ1v) is 10.3. The first-order valence-electron chi connectivity index (χ1n) is 10.3. The van der Waals surface area contributed by atoms with Crippen LogP contribution in [0.1, 0.15) is 25.3 Å². The van der Waals surface area contributed by atoms with E-state index in [1.807, 2.05) is 38.1 Å². The zero-order valence-corrected chi connectivity index (χ0v) is 17.0. The topological polar surface area (TPSA) is 75.6 Å². The summed E-state index contributed by atoms with van der Waals surface area (Å²) in [5, 5.41) is 13.6. The number of aryl methyl sites for hydroxylation is 1. The summed E-state index contributed by atoms with van der Waals surface area (Å²) in [6.45, 7) is 8.37. The molecule has 7 nitrogen and oxygen atoms in total. The summed E-state index contributed by atoms with van der Waals surface area (Å²) in [7, 11) is 0. The lowest BCUT2D eigenvalue weighted by Gasteiger charge is -2.37. The Morgan fingerprint density at radius 1 is 1.36 bits per heavy atom. The van der Waals surface area contributed by atoms with Crippen LogP contribution in [0.25, 0.3) is 0 Å². The number of morpholine rings is 1. The van der Waals surface area contributed by atoms with Crippen molar-refractivity contribution >= 4 is 5.96 Å². The largest absolute Gasteiger partial charge is 0.491 e. The molecule has 2 aliphatic rings. The molecular weight excluding hydrogens is 358 g/mol. The number of rotatable bonds is 7. The lowest BCUT2D eigenvalue weighted by Crippen LogP contribution is -2.53. The summed E-state index contributed by atoms with van der Waals surface area (Å²) in [6.07, 6.45) is 1.75. The van der Waals surface area contributed by atoms with Crippen molar-refractivity contribution in [3.63, 3.8) is 0 Å². The Kier molecular flexibility index (Phi) is 7.94. The Morgan fingerprint density at radius 3 is 2.96 bits per heavy atom. The van der Waals surface area contributed by atoms with E-state index in [0.29, 0.717) is 6.61 Å². The molecule has 0 aliphatic carbocycles. The van der Waals surface area contributed by atoms with Gasteiger partial charge in [0.15, 0.2) is 5.96 Å². The van der Waals surface area contributed by atoms with E-state index in [9.17, 15) is 5.11 Å². The van der Waals surface area contributed by atoms with Crippen LogP contribution >= 0.6 is 0 Å². The van der Waals surface area contributed by atoms with Gasteiger partial charge in [-0.15, -0.1) is 0 Å². The average Bonchev–Trinajstić information content (AvgIpc) is 3.25. The Bertz CT molecular complexity index is 634. The first kappa shape index (κ1) is 20.9. The van der Waals surface area contributed by atoms with Gasteiger partial charge < -0.3 is 29.5 Å². The fourth-order valence-corrected chi connectivity index (χ4v) is 3.56. The smallest absolute Gasteiger partial charge is 0.194 e. The molecule has 0 aromatic heterocycles. The first-order chi connectivity index (χ1) is 13.7. The summed E-state index contributed by atoms with van der Waals surface area (Å²) in [4.78, 5) is 6.83. The van der Waals surface area contributed by atoms with Crippen LogP contribution in [0.5, 0.6) is 5.75 Å². The van der Waals surface area contributed by atoms with Crippen LogP contribution in [-0.2, 0) is 9.47 Å². The normalized spacial score (nSPS) is 24.2. The molecule has 3 rings (SSSR count). The van der Waals surface area contributed by atoms with Crippen LogP contribution < -0.4 is 10.1 Å². The number of nitrogens with zero attached hydrogens (tertiary/aromatic N) is 2. The van der Waals surface area contributed by atoms with E-state index in [1.54, 1.807) is 0 Å². The lowest BCUT2D eigenvalue weighted by atomic mass is 10.1. The van der Waals surface area contributed by atoms with Crippen molar-refractivity contribution in [1.82, 2.24) is 10.2 Å². The van der Waals surface area contributed by atoms with Crippen LogP contribution in [0.2, 0.25) is 0 Å². The Balaban J connectivity index is 1.52. The average molecular weight is 392 g/mol. The van der Waals surface area contributed by atoms with E-state index in [2.05, 4.69) is 15.2 Å². The van der Waals surface area contributed by atoms with Crippen molar-refractivity contribution in [3.8, 4) is 5.75 Å². The van der Waals surface area contributed by atoms with Gasteiger partial charge in [0.25, 0.3) is 0 Å². The van der Waals surface area contributed by atoms with Gasteiger partial charge in [-0.3, -0.25) is 4.99 Å². The monoisotopic (exact) mass is 391 g/mol. The molecule has 156 valence electrons. The third kappa shape index (κ3) is 6.09. The number of hydrogen-bond acceptors (Lipinski definition) is 5. The molecule has 1 aromatic rings. The molecule has 2 fully saturated rings. The molecule has 7 heteroatoms. The lowest BCUT2D eigenvalue weighted by molar-refractivity contribution is -0.0817. The molecule has 0 bridgehead atoms. The summed E-state index contributed by atoms with van der Waals surface area (Å²) < 4.78 is 17.4. The number of ether oxygens (including phenoxy) is 3. The van der Waals surface area contributed by atoms with E-state index in [-0.39, 0.29) is 25.4 Å². The fraction of sp³-hybridized carbons (Fsp3) is 0.667. The maximum Gasteiger partial charge on any atom is 0.194 e. The third-order valence-electron chi connectivity index (χ3n) is 4.99. The minimum Gasteiger partial charge on any atom is -0.491 e. The van der Waals surface area contributed by atoms with E-state index in [0.717, 1.165) is 56.4 Å². The number of aliphatic hydroxyl groups is 1. The Labute approximate surface area is 167 Å². The van der Waals surface area contributed by atoms with Crippen LogP contribution in [0.3, 0.4) is 0 Å². The van der Waals surface area contributed by atoms with Crippen molar-refractivity contribution in [1.29, 1.82) is 0 Å². The summed E-state index contributed by atoms with van der Waals surface area (Å²) >= 11 is 0.